The number of oxime groups is 1. The molecule has 0 heterocycles. The predicted molar refractivity (Wildman–Crippen MR) is 39.5 cm³/mol. The summed E-state index contributed by atoms with van der Waals surface area (Å²) in [6, 6.07) is 0. The minimum atomic E-state index is -0.114. The first-order valence-corrected chi connectivity index (χ1v) is 3.44. The molecule has 0 aliphatic carbocycles. The summed E-state index contributed by atoms with van der Waals surface area (Å²) in [7, 11) is 0. The molecule has 0 aromatic heterocycles. The zero-order valence-electron chi connectivity index (χ0n) is 6.76. The van der Waals surface area contributed by atoms with Crippen molar-refractivity contribution in [1.29, 1.82) is 0 Å². The lowest BCUT2D eigenvalue weighted by Gasteiger charge is -2.02. The zero-order chi connectivity index (χ0) is 7.98. The third-order valence-corrected chi connectivity index (χ3v) is 0.883. The van der Waals surface area contributed by atoms with E-state index in [4.69, 9.17) is 4.84 Å². The van der Waals surface area contributed by atoms with Crippen molar-refractivity contribution in [2.45, 2.75) is 33.3 Å². The summed E-state index contributed by atoms with van der Waals surface area (Å²) in [4.78, 5) is 4.91. The van der Waals surface area contributed by atoms with Gasteiger partial charge in [0, 0.05) is 6.42 Å². The van der Waals surface area contributed by atoms with Gasteiger partial charge in [-0.25, -0.2) is 5.11 Å². The molecule has 0 spiro atoms. The fourth-order valence-electron chi connectivity index (χ4n) is 0.389. The molecule has 59 valence electrons. The Morgan fingerprint density at radius 1 is 1.60 bits per heavy atom. The van der Waals surface area contributed by atoms with Gasteiger partial charge in [0.15, 0.2) is 0 Å². The summed E-state index contributed by atoms with van der Waals surface area (Å²) >= 11 is 0. The molecule has 0 aromatic rings. The number of hydrogen-bond donors (Lipinski definition) is 0. The van der Waals surface area contributed by atoms with Gasteiger partial charge in [0.2, 0.25) is 0 Å². The number of hydrogen-bond acceptors (Lipinski definition) is 2. The Hall–Kier alpha value is -0.570. The molecule has 10 heavy (non-hydrogen) atoms. The fraction of sp³-hybridized carbons (Fsp3) is 0.857. The van der Waals surface area contributed by atoms with Crippen LogP contribution in [0.2, 0.25) is 0 Å². The summed E-state index contributed by atoms with van der Waals surface area (Å²) in [6.45, 7) is 5.47. The largest absolute Gasteiger partial charge is 0.393 e. The quantitative estimate of drug-likeness (QED) is 0.436. The Balaban J connectivity index is 3.47. The van der Waals surface area contributed by atoms with Crippen molar-refractivity contribution in [1.82, 2.24) is 0 Å². The van der Waals surface area contributed by atoms with E-state index in [1.807, 2.05) is 13.8 Å². The van der Waals surface area contributed by atoms with Crippen molar-refractivity contribution in [2.24, 2.45) is 5.16 Å². The molecule has 0 amide bonds. The van der Waals surface area contributed by atoms with E-state index < -0.39 is 0 Å². The van der Waals surface area contributed by atoms with E-state index in [1.165, 1.54) is 0 Å². The van der Waals surface area contributed by atoms with Crippen LogP contribution in [0, 0.1) is 0 Å². The van der Waals surface area contributed by atoms with Crippen molar-refractivity contribution < 1.29 is 9.94 Å². The lowest BCUT2D eigenvalue weighted by molar-refractivity contribution is 0.0845. The van der Waals surface area contributed by atoms with Crippen molar-refractivity contribution in [3.8, 4) is 0 Å². The second-order valence-electron chi connectivity index (χ2n) is 2.43. The smallest absolute Gasteiger partial charge is 0.122 e. The van der Waals surface area contributed by atoms with Crippen molar-refractivity contribution in [2.75, 3.05) is 6.61 Å². The molecule has 0 atom stereocenters. The van der Waals surface area contributed by atoms with E-state index in [0.717, 1.165) is 5.71 Å². The van der Waals surface area contributed by atoms with Crippen LogP contribution in [0.25, 0.3) is 0 Å². The molecule has 0 aliphatic rings. The average molecular weight is 144 g/mol. The van der Waals surface area contributed by atoms with Crippen molar-refractivity contribution in [3.63, 3.8) is 0 Å². The van der Waals surface area contributed by atoms with Gasteiger partial charge in [-0.3, -0.25) is 0 Å². The third-order valence-electron chi connectivity index (χ3n) is 0.883. The maximum atomic E-state index is 10.0. The van der Waals surface area contributed by atoms with Crippen LogP contribution in [0.1, 0.15) is 27.2 Å². The first-order chi connectivity index (χ1) is 4.66. The van der Waals surface area contributed by atoms with Crippen molar-refractivity contribution in [3.05, 3.63) is 0 Å². The van der Waals surface area contributed by atoms with Crippen LogP contribution < -0.4 is 0 Å². The molecule has 0 fully saturated rings. The molecule has 0 bridgehead atoms. The lowest BCUT2D eigenvalue weighted by atomic mass is 10.3. The molecule has 3 heteroatoms. The lowest BCUT2D eigenvalue weighted by Crippen LogP contribution is -2.01. The van der Waals surface area contributed by atoms with E-state index in [0.29, 0.717) is 6.42 Å². The fourth-order valence-corrected chi connectivity index (χ4v) is 0.389. The molecule has 0 aromatic carbocycles. The van der Waals surface area contributed by atoms with Crippen LogP contribution in [0.5, 0.6) is 0 Å². The Labute approximate surface area is 61.7 Å². The standard InChI is InChI=1S/C7H14NO2/c1-6(2)10-8-7(3)4-5-9/h6H,4-5H2,1-3H3. The summed E-state index contributed by atoms with van der Waals surface area (Å²) in [6.07, 6.45) is 0.578. The van der Waals surface area contributed by atoms with Gasteiger partial charge >= 0.3 is 0 Å². The summed E-state index contributed by atoms with van der Waals surface area (Å²) in [5.41, 5.74) is 0.767. The molecule has 0 saturated heterocycles. The van der Waals surface area contributed by atoms with Gasteiger partial charge in [-0.05, 0) is 20.8 Å². The summed E-state index contributed by atoms with van der Waals surface area (Å²) in [5.74, 6) is 0. The maximum absolute atomic E-state index is 10.0. The van der Waals surface area contributed by atoms with Gasteiger partial charge in [0.05, 0.1) is 12.3 Å². The molecule has 1 radical (unpaired) electrons. The van der Waals surface area contributed by atoms with E-state index in [2.05, 4.69) is 5.16 Å². The molecular formula is C7H14NO2. The van der Waals surface area contributed by atoms with E-state index in [9.17, 15) is 5.11 Å². The monoisotopic (exact) mass is 144 g/mol. The highest BCUT2D eigenvalue weighted by Crippen LogP contribution is 1.91. The van der Waals surface area contributed by atoms with Gasteiger partial charge < -0.3 is 4.84 Å². The summed E-state index contributed by atoms with van der Waals surface area (Å²) < 4.78 is 0. The van der Waals surface area contributed by atoms with E-state index in [-0.39, 0.29) is 12.7 Å². The Bertz CT molecular complexity index is 110. The Kier molecular flexibility index (Phi) is 4.94. The Morgan fingerprint density at radius 2 is 2.20 bits per heavy atom. The number of rotatable bonds is 4. The second kappa shape index (κ2) is 5.23. The molecule has 0 saturated carbocycles. The maximum Gasteiger partial charge on any atom is 0.122 e. The molecule has 0 rings (SSSR count). The first kappa shape index (κ1) is 9.43. The molecular weight excluding hydrogens is 130 g/mol. The summed E-state index contributed by atoms with van der Waals surface area (Å²) in [5, 5.41) is 13.8. The van der Waals surface area contributed by atoms with Crippen LogP contribution in [-0.2, 0) is 9.94 Å². The topological polar surface area (TPSA) is 41.5 Å². The number of nitrogens with zero attached hydrogens (tertiary/aromatic N) is 1. The van der Waals surface area contributed by atoms with Gasteiger partial charge in [0.1, 0.15) is 6.10 Å². The van der Waals surface area contributed by atoms with Gasteiger partial charge in [-0.2, -0.15) is 0 Å². The molecule has 0 N–H and O–H groups in total. The van der Waals surface area contributed by atoms with Gasteiger partial charge in [-0.1, -0.05) is 5.16 Å². The molecule has 3 nitrogen and oxygen atoms in total. The second-order valence-corrected chi connectivity index (χ2v) is 2.43. The van der Waals surface area contributed by atoms with Crippen LogP contribution >= 0.6 is 0 Å². The molecule has 0 unspecified atom stereocenters. The average Bonchev–Trinajstić information content (AvgIpc) is 1.85. The van der Waals surface area contributed by atoms with Crippen molar-refractivity contribution >= 4 is 5.71 Å². The van der Waals surface area contributed by atoms with Crippen LogP contribution in [0.15, 0.2) is 5.16 Å². The highest BCUT2D eigenvalue weighted by Gasteiger charge is 1.92. The van der Waals surface area contributed by atoms with E-state index >= 15 is 0 Å². The zero-order valence-corrected chi connectivity index (χ0v) is 6.76. The highest BCUT2D eigenvalue weighted by molar-refractivity contribution is 5.81. The molecule has 0 aliphatic heterocycles. The van der Waals surface area contributed by atoms with Crippen LogP contribution in [0.3, 0.4) is 0 Å². The van der Waals surface area contributed by atoms with Crippen LogP contribution in [0.4, 0.5) is 0 Å². The minimum absolute atomic E-state index is 0.0987. The SMILES string of the molecule is CC(CC[O])=NOC(C)C. The van der Waals surface area contributed by atoms with Gasteiger partial charge in [0.25, 0.3) is 0 Å². The predicted octanol–water partition coefficient (Wildman–Crippen LogP) is 1.61. The normalized spacial score (nSPS) is 12.3. The van der Waals surface area contributed by atoms with E-state index in [1.54, 1.807) is 6.92 Å². The first-order valence-electron chi connectivity index (χ1n) is 3.44. The van der Waals surface area contributed by atoms with Gasteiger partial charge in [-0.15, -0.1) is 0 Å². The minimum Gasteiger partial charge on any atom is -0.393 e. The Morgan fingerprint density at radius 3 is 2.60 bits per heavy atom. The third kappa shape index (κ3) is 5.56. The highest BCUT2D eigenvalue weighted by atomic mass is 16.6. The van der Waals surface area contributed by atoms with Crippen LogP contribution in [-0.4, -0.2) is 18.4 Å².